The number of hydrogen-bond donors (Lipinski definition) is 2. The van der Waals surface area contributed by atoms with Gasteiger partial charge in [0.25, 0.3) is 0 Å². The molecule has 1 atom stereocenters. The lowest BCUT2D eigenvalue weighted by Crippen LogP contribution is -2.40. The van der Waals surface area contributed by atoms with E-state index in [0.29, 0.717) is 19.5 Å². The average Bonchev–Trinajstić information content (AvgIpc) is 2.47. The Morgan fingerprint density at radius 2 is 2.00 bits per heavy atom. The lowest BCUT2D eigenvalue weighted by molar-refractivity contribution is -0.120. The number of hydrogen-bond acceptors (Lipinski definition) is 3. The molecule has 0 bridgehead atoms. The molecule has 0 saturated heterocycles. The molecule has 21 heavy (non-hydrogen) atoms. The van der Waals surface area contributed by atoms with Crippen LogP contribution in [0.5, 0.6) is 0 Å². The number of rotatable bonds is 12. The number of aliphatic hydroxyl groups excluding tert-OH is 1. The number of aliphatic hydroxyl groups is 1. The molecule has 0 aromatic heterocycles. The maximum absolute atomic E-state index is 11.5. The van der Waals surface area contributed by atoms with Crippen molar-refractivity contribution in [1.29, 1.82) is 0 Å². The van der Waals surface area contributed by atoms with Gasteiger partial charge in [-0.25, -0.2) is 0 Å². The van der Waals surface area contributed by atoms with E-state index < -0.39 is 6.10 Å². The van der Waals surface area contributed by atoms with E-state index in [1.807, 2.05) is 19.1 Å². The lowest BCUT2D eigenvalue weighted by atomic mass is 10.2. The van der Waals surface area contributed by atoms with Crippen LogP contribution < -0.4 is 5.32 Å². The van der Waals surface area contributed by atoms with Crippen molar-refractivity contribution in [2.24, 2.45) is 0 Å². The number of carbonyl (C=O) groups excluding carboxylic acids is 1. The standard InChI is InChI=1S/C17H32N2O2/c1-4-7-9-10-13-19(12-6-3)15-16(20)14-18-17(21)11-8-5-2/h5,7-9,16,20H,4,6,10-15H2,1-3H3,(H,18,21)/b8-5-,9-7-. The molecule has 0 aromatic carbocycles. The fourth-order valence-electron chi connectivity index (χ4n) is 2.04. The van der Waals surface area contributed by atoms with Crippen molar-refractivity contribution in [2.45, 2.75) is 52.6 Å². The Balaban J connectivity index is 4.00. The van der Waals surface area contributed by atoms with Crippen molar-refractivity contribution in [1.82, 2.24) is 10.2 Å². The highest BCUT2D eigenvalue weighted by Gasteiger charge is 2.11. The van der Waals surface area contributed by atoms with E-state index in [-0.39, 0.29) is 5.91 Å². The van der Waals surface area contributed by atoms with Crippen molar-refractivity contribution in [3.8, 4) is 0 Å². The molecule has 4 heteroatoms. The van der Waals surface area contributed by atoms with Crippen LogP contribution in [0.4, 0.5) is 0 Å². The first-order chi connectivity index (χ1) is 10.1. The number of carbonyl (C=O) groups is 1. The monoisotopic (exact) mass is 296 g/mol. The first-order valence-corrected chi connectivity index (χ1v) is 8.07. The summed E-state index contributed by atoms with van der Waals surface area (Å²) in [6, 6.07) is 0. The van der Waals surface area contributed by atoms with Gasteiger partial charge in [-0.1, -0.05) is 38.2 Å². The number of allylic oxidation sites excluding steroid dienone is 2. The van der Waals surface area contributed by atoms with Crippen LogP contribution in [0.3, 0.4) is 0 Å². The van der Waals surface area contributed by atoms with Gasteiger partial charge in [0, 0.05) is 26.1 Å². The Kier molecular flexibility index (Phi) is 13.1. The largest absolute Gasteiger partial charge is 0.390 e. The van der Waals surface area contributed by atoms with Crippen LogP contribution >= 0.6 is 0 Å². The first kappa shape index (κ1) is 19.9. The molecule has 0 saturated carbocycles. The Bertz CT molecular complexity index is 314. The van der Waals surface area contributed by atoms with E-state index in [0.717, 1.165) is 32.4 Å². The van der Waals surface area contributed by atoms with Crippen LogP contribution in [0.2, 0.25) is 0 Å². The molecule has 1 unspecified atom stereocenters. The van der Waals surface area contributed by atoms with Crippen LogP contribution in [0.15, 0.2) is 24.3 Å². The molecule has 0 rings (SSSR count). The second kappa shape index (κ2) is 13.8. The quantitative estimate of drug-likeness (QED) is 0.544. The van der Waals surface area contributed by atoms with Crippen LogP contribution in [0.1, 0.15) is 46.5 Å². The maximum Gasteiger partial charge on any atom is 0.223 e. The minimum atomic E-state index is -0.513. The molecule has 0 aliphatic carbocycles. The minimum Gasteiger partial charge on any atom is -0.390 e. The molecular formula is C17H32N2O2. The summed E-state index contributed by atoms with van der Waals surface area (Å²) < 4.78 is 0. The highest BCUT2D eigenvalue weighted by atomic mass is 16.3. The highest BCUT2D eigenvalue weighted by molar-refractivity contribution is 5.77. The van der Waals surface area contributed by atoms with Crippen LogP contribution in [0.25, 0.3) is 0 Å². The molecule has 4 nitrogen and oxygen atoms in total. The molecule has 1 amide bonds. The van der Waals surface area contributed by atoms with E-state index in [1.165, 1.54) is 0 Å². The molecule has 0 radical (unpaired) electrons. The van der Waals surface area contributed by atoms with E-state index in [4.69, 9.17) is 0 Å². The summed E-state index contributed by atoms with van der Waals surface area (Å²) in [4.78, 5) is 13.7. The summed E-state index contributed by atoms with van der Waals surface area (Å²) >= 11 is 0. The summed E-state index contributed by atoms with van der Waals surface area (Å²) in [5.41, 5.74) is 0. The van der Waals surface area contributed by atoms with Crippen molar-refractivity contribution >= 4 is 5.91 Å². The summed E-state index contributed by atoms with van der Waals surface area (Å²) in [5, 5.41) is 12.8. The molecule has 0 heterocycles. The summed E-state index contributed by atoms with van der Waals surface area (Å²) in [5.74, 6) is -0.0416. The number of amides is 1. The smallest absolute Gasteiger partial charge is 0.223 e. The van der Waals surface area contributed by atoms with Gasteiger partial charge in [0.05, 0.1) is 6.10 Å². The van der Waals surface area contributed by atoms with Crippen LogP contribution in [-0.4, -0.2) is 48.2 Å². The molecule has 0 aromatic rings. The third kappa shape index (κ3) is 12.3. The zero-order chi connectivity index (χ0) is 15.9. The van der Waals surface area contributed by atoms with Gasteiger partial charge in [-0.2, -0.15) is 0 Å². The fraction of sp³-hybridized carbons (Fsp3) is 0.706. The molecule has 0 aliphatic heterocycles. The maximum atomic E-state index is 11.5. The summed E-state index contributed by atoms with van der Waals surface area (Å²) in [6.07, 6.45) is 11.0. The SMILES string of the molecule is C/C=C\CC(=O)NCC(O)CN(CCC)CC/C=C\CC. The van der Waals surface area contributed by atoms with Crippen molar-refractivity contribution in [2.75, 3.05) is 26.2 Å². The van der Waals surface area contributed by atoms with E-state index in [1.54, 1.807) is 0 Å². The molecule has 0 fully saturated rings. The Morgan fingerprint density at radius 1 is 1.24 bits per heavy atom. The number of nitrogens with zero attached hydrogens (tertiary/aromatic N) is 1. The second-order valence-corrected chi connectivity index (χ2v) is 5.20. The third-order valence-electron chi connectivity index (χ3n) is 3.10. The van der Waals surface area contributed by atoms with Crippen molar-refractivity contribution in [3.63, 3.8) is 0 Å². The predicted octanol–water partition coefficient (Wildman–Crippen LogP) is 2.50. The predicted molar refractivity (Wildman–Crippen MR) is 89.2 cm³/mol. The molecule has 0 spiro atoms. The Labute approximate surface area is 129 Å². The lowest BCUT2D eigenvalue weighted by Gasteiger charge is -2.24. The minimum absolute atomic E-state index is 0.0416. The molecular weight excluding hydrogens is 264 g/mol. The van der Waals surface area contributed by atoms with E-state index in [2.05, 4.69) is 36.2 Å². The third-order valence-corrected chi connectivity index (χ3v) is 3.10. The highest BCUT2D eigenvalue weighted by Crippen LogP contribution is 1.99. The average molecular weight is 296 g/mol. The van der Waals surface area contributed by atoms with E-state index in [9.17, 15) is 9.90 Å². The second-order valence-electron chi connectivity index (χ2n) is 5.20. The van der Waals surface area contributed by atoms with Crippen molar-refractivity contribution < 1.29 is 9.90 Å². The van der Waals surface area contributed by atoms with Gasteiger partial charge in [0.15, 0.2) is 0 Å². The van der Waals surface area contributed by atoms with Gasteiger partial charge >= 0.3 is 0 Å². The van der Waals surface area contributed by atoms with Crippen LogP contribution in [0, 0.1) is 0 Å². The van der Waals surface area contributed by atoms with E-state index >= 15 is 0 Å². The van der Waals surface area contributed by atoms with Gasteiger partial charge in [0.1, 0.15) is 0 Å². The fourth-order valence-corrected chi connectivity index (χ4v) is 2.04. The van der Waals surface area contributed by atoms with Gasteiger partial charge < -0.3 is 15.3 Å². The Hall–Kier alpha value is -1.13. The topological polar surface area (TPSA) is 52.6 Å². The van der Waals surface area contributed by atoms with Gasteiger partial charge in [-0.3, -0.25) is 4.79 Å². The summed E-state index contributed by atoms with van der Waals surface area (Å²) in [7, 11) is 0. The Morgan fingerprint density at radius 3 is 2.62 bits per heavy atom. The summed E-state index contributed by atoms with van der Waals surface area (Å²) in [6.45, 7) is 9.01. The van der Waals surface area contributed by atoms with Crippen molar-refractivity contribution in [3.05, 3.63) is 24.3 Å². The zero-order valence-corrected chi connectivity index (χ0v) is 13.8. The normalized spacial score (nSPS) is 13.4. The van der Waals surface area contributed by atoms with Gasteiger partial charge in [0.2, 0.25) is 5.91 Å². The number of nitrogens with one attached hydrogen (secondary N) is 1. The zero-order valence-electron chi connectivity index (χ0n) is 13.8. The van der Waals surface area contributed by atoms with Gasteiger partial charge in [-0.15, -0.1) is 0 Å². The first-order valence-electron chi connectivity index (χ1n) is 8.07. The molecule has 2 N–H and O–H groups in total. The molecule has 122 valence electrons. The van der Waals surface area contributed by atoms with Gasteiger partial charge in [-0.05, 0) is 32.7 Å². The molecule has 0 aliphatic rings. The van der Waals surface area contributed by atoms with Crippen LogP contribution in [-0.2, 0) is 4.79 Å².